The van der Waals surface area contributed by atoms with E-state index >= 15 is 0 Å². The lowest BCUT2D eigenvalue weighted by atomic mass is 10.1. The van der Waals surface area contributed by atoms with E-state index < -0.39 is 0 Å². The highest BCUT2D eigenvalue weighted by molar-refractivity contribution is 7.12. The normalized spacial score (nSPS) is 14.2. The third-order valence-electron chi connectivity index (χ3n) is 3.45. The molecular formula is C17H22ClNS. The van der Waals surface area contributed by atoms with Crippen molar-refractivity contribution >= 4 is 22.9 Å². The topological polar surface area (TPSA) is 12.0 Å². The molecule has 3 heteroatoms. The smallest absolute Gasteiger partial charge is 0.0406 e. The molecule has 2 unspecified atom stereocenters. The number of aryl methyl sites for hydroxylation is 1. The van der Waals surface area contributed by atoms with Gasteiger partial charge in [-0.1, -0.05) is 30.7 Å². The third kappa shape index (κ3) is 4.34. The van der Waals surface area contributed by atoms with Crippen molar-refractivity contribution in [3.63, 3.8) is 0 Å². The molecule has 0 aliphatic carbocycles. The Kier molecular flexibility index (Phi) is 5.64. The van der Waals surface area contributed by atoms with Crippen LogP contribution in [0.2, 0.25) is 5.02 Å². The third-order valence-corrected chi connectivity index (χ3v) is 5.11. The Hall–Kier alpha value is -0.830. The minimum Gasteiger partial charge on any atom is -0.307 e. The summed E-state index contributed by atoms with van der Waals surface area (Å²) >= 11 is 7.83. The van der Waals surface area contributed by atoms with Crippen LogP contribution in [0.15, 0.2) is 36.4 Å². The number of halogens is 1. The molecule has 0 aliphatic heterocycles. The molecule has 2 rings (SSSR count). The van der Waals surface area contributed by atoms with E-state index in [0.717, 1.165) is 17.9 Å². The summed E-state index contributed by atoms with van der Waals surface area (Å²) in [6.45, 7) is 6.68. The molecule has 1 aromatic carbocycles. The van der Waals surface area contributed by atoms with Crippen LogP contribution in [-0.4, -0.2) is 6.04 Å². The molecule has 0 aliphatic rings. The van der Waals surface area contributed by atoms with Crippen LogP contribution in [0.25, 0.3) is 0 Å². The van der Waals surface area contributed by atoms with E-state index in [4.69, 9.17) is 11.6 Å². The van der Waals surface area contributed by atoms with Gasteiger partial charge in [0, 0.05) is 26.9 Å². The summed E-state index contributed by atoms with van der Waals surface area (Å²) in [6, 6.07) is 13.5. The molecule has 0 spiro atoms. The Morgan fingerprint density at radius 2 is 1.80 bits per heavy atom. The summed E-state index contributed by atoms with van der Waals surface area (Å²) < 4.78 is 0. The van der Waals surface area contributed by atoms with Crippen LogP contribution in [0.5, 0.6) is 0 Å². The fourth-order valence-corrected chi connectivity index (χ4v) is 3.45. The number of nitrogens with one attached hydrogen (secondary N) is 1. The van der Waals surface area contributed by atoms with E-state index in [1.165, 1.54) is 15.3 Å². The zero-order valence-electron chi connectivity index (χ0n) is 12.3. The van der Waals surface area contributed by atoms with E-state index in [9.17, 15) is 0 Å². The lowest BCUT2D eigenvalue weighted by Crippen LogP contribution is -2.30. The van der Waals surface area contributed by atoms with Gasteiger partial charge in [0.15, 0.2) is 0 Å². The minimum atomic E-state index is 0.405. The van der Waals surface area contributed by atoms with Gasteiger partial charge in [-0.25, -0.2) is 0 Å². The van der Waals surface area contributed by atoms with E-state index in [1.807, 2.05) is 23.5 Å². The van der Waals surface area contributed by atoms with Crippen molar-refractivity contribution in [1.29, 1.82) is 0 Å². The maximum atomic E-state index is 5.91. The quantitative estimate of drug-likeness (QED) is 0.769. The van der Waals surface area contributed by atoms with E-state index in [2.05, 4.69) is 50.4 Å². The summed E-state index contributed by atoms with van der Waals surface area (Å²) in [7, 11) is 0. The van der Waals surface area contributed by atoms with Gasteiger partial charge in [0.25, 0.3) is 0 Å². The maximum absolute atomic E-state index is 5.91. The summed E-state index contributed by atoms with van der Waals surface area (Å²) in [5.41, 5.74) is 1.32. The minimum absolute atomic E-state index is 0.405. The Morgan fingerprint density at radius 1 is 1.10 bits per heavy atom. The highest BCUT2D eigenvalue weighted by Gasteiger charge is 2.12. The molecule has 0 saturated heterocycles. The van der Waals surface area contributed by atoms with Crippen molar-refractivity contribution in [1.82, 2.24) is 5.32 Å². The van der Waals surface area contributed by atoms with Crippen molar-refractivity contribution in [3.05, 3.63) is 56.7 Å². The standard InChI is InChI=1S/C17H22ClNS/c1-4-16-9-10-17(20-16)13(3)19-12(2)11-14-5-7-15(18)8-6-14/h5-10,12-13,19H,4,11H2,1-3H3. The van der Waals surface area contributed by atoms with E-state index in [1.54, 1.807) is 0 Å². The molecule has 0 amide bonds. The summed E-state index contributed by atoms with van der Waals surface area (Å²) in [4.78, 5) is 2.88. The van der Waals surface area contributed by atoms with Crippen molar-refractivity contribution in [3.8, 4) is 0 Å². The highest BCUT2D eigenvalue weighted by Crippen LogP contribution is 2.24. The van der Waals surface area contributed by atoms with E-state index in [-0.39, 0.29) is 0 Å². The second kappa shape index (κ2) is 7.26. The molecule has 2 aromatic rings. The van der Waals surface area contributed by atoms with Gasteiger partial charge in [-0.05, 0) is 56.5 Å². The Bertz CT molecular complexity index is 532. The largest absolute Gasteiger partial charge is 0.307 e. The maximum Gasteiger partial charge on any atom is 0.0406 e. The zero-order chi connectivity index (χ0) is 14.5. The van der Waals surface area contributed by atoms with Crippen LogP contribution in [0, 0.1) is 0 Å². The fraction of sp³-hybridized carbons (Fsp3) is 0.412. The highest BCUT2D eigenvalue weighted by atomic mass is 35.5. The second-order valence-corrected chi connectivity index (χ2v) is 6.91. The average Bonchev–Trinajstić information content (AvgIpc) is 2.90. The average molecular weight is 308 g/mol. The molecule has 1 nitrogen and oxygen atoms in total. The molecule has 1 heterocycles. The Balaban J connectivity index is 1.90. The number of thiophene rings is 1. The zero-order valence-corrected chi connectivity index (χ0v) is 13.9. The van der Waals surface area contributed by atoms with Gasteiger partial charge in [-0.15, -0.1) is 11.3 Å². The van der Waals surface area contributed by atoms with Gasteiger partial charge in [-0.2, -0.15) is 0 Å². The first-order valence-electron chi connectivity index (χ1n) is 7.17. The number of hydrogen-bond acceptors (Lipinski definition) is 2. The lowest BCUT2D eigenvalue weighted by molar-refractivity contribution is 0.482. The van der Waals surface area contributed by atoms with Gasteiger partial charge >= 0.3 is 0 Å². The predicted octanol–water partition coefficient (Wildman–Crippen LogP) is 5.25. The SMILES string of the molecule is CCc1ccc(C(C)NC(C)Cc2ccc(Cl)cc2)s1. The number of rotatable bonds is 6. The summed E-state index contributed by atoms with van der Waals surface area (Å²) in [6.07, 6.45) is 2.14. The fourth-order valence-electron chi connectivity index (χ4n) is 2.36. The molecule has 2 atom stereocenters. The van der Waals surface area contributed by atoms with Crippen LogP contribution >= 0.6 is 22.9 Å². The molecule has 0 saturated carbocycles. The second-order valence-electron chi connectivity index (χ2n) is 5.28. The molecular weight excluding hydrogens is 286 g/mol. The van der Waals surface area contributed by atoms with Gasteiger partial charge in [0.05, 0.1) is 0 Å². The Labute approximate surface area is 131 Å². The summed E-state index contributed by atoms with van der Waals surface area (Å²) in [5, 5.41) is 4.47. The molecule has 0 bridgehead atoms. The first-order valence-corrected chi connectivity index (χ1v) is 8.37. The monoisotopic (exact) mass is 307 g/mol. The number of hydrogen-bond donors (Lipinski definition) is 1. The van der Waals surface area contributed by atoms with Crippen LogP contribution in [0.4, 0.5) is 0 Å². The van der Waals surface area contributed by atoms with Crippen molar-refractivity contribution in [2.75, 3.05) is 0 Å². The predicted molar refractivity (Wildman–Crippen MR) is 89.9 cm³/mol. The van der Waals surface area contributed by atoms with Crippen molar-refractivity contribution in [2.45, 2.75) is 45.7 Å². The molecule has 1 N–H and O–H groups in total. The first kappa shape index (κ1) is 15.6. The van der Waals surface area contributed by atoms with Gasteiger partial charge in [0.2, 0.25) is 0 Å². The van der Waals surface area contributed by atoms with Crippen LogP contribution in [0.3, 0.4) is 0 Å². The summed E-state index contributed by atoms with van der Waals surface area (Å²) in [5.74, 6) is 0. The molecule has 0 fully saturated rings. The van der Waals surface area contributed by atoms with Crippen LogP contribution in [0.1, 0.15) is 42.1 Å². The molecule has 0 radical (unpaired) electrons. The van der Waals surface area contributed by atoms with Gasteiger partial charge in [0.1, 0.15) is 0 Å². The van der Waals surface area contributed by atoms with Crippen LogP contribution < -0.4 is 5.32 Å². The first-order chi connectivity index (χ1) is 9.58. The molecule has 20 heavy (non-hydrogen) atoms. The van der Waals surface area contributed by atoms with Crippen molar-refractivity contribution in [2.24, 2.45) is 0 Å². The van der Waals surface area contributed by atoms with Crippen molar-refractivity contribution < 1.29 is 0 Å². The number of benzene rings is 1. The van der Waals surface area contributed by atoms with Gasteiger partial charge in [-0.3, -0.25) is 0 Å². The molecule has 1 aromatic heterocycles. The van der Waals surface area contributed by atoms with E-state index in [0.29, 0.717) is 12.1 Å². The lowest BCUT2D eigenvalue weighted by Gasteiger charge is -2.19. The van der Waals surface area contributed by atoms with Gasteiger partial charge < -0.3 is 5.32 Å². The molecule has 108 valence electrons. The Morgan fingerprint density at radius 3 is 2.40 bits per heavy atom. The van der Waals surface area contributed by atoms with Crippen LogP contribution in [-0.2, 0) is 12.8 Å².